The molecule has 3 heteroatoms. The number of hydrogen-bond acceptors (Lipinski definition) is 3. The highest BCUT2D eigenvalue weighted by molar-refractivity contribution is 5.81. The molecule has 0 aliphatic carbocycles. The molecule has 0 spiro atoms. The first-order valence-corrected chi connectivity index (χ1v) is 4.28. The highest BCUT2D eigenvalue weighted by atomic mass is 16.7. The molecule has 12 heavy (non-hydrogen) atoms. The molecule has 0 aromatic carbocycles. The van der Waals surface area contributed by atoms with Gasteiger partial charge in [-0.05, 0) is 19.8 Å². The average Bonchev–Trinajstić information content (AvgIpc) is 2.06. The van der Waals surface area contributed by atoms with Crippen molar-refractivity contribution in [2.24, 2.45) is 0 Å². The maximum atomic E-state index is 10.9. The first-order chi connectivity index (χ1) is 5.83. The van der Waals surface area contributed by atoms with Crippen molar-refractivity contribution in [1.29, 1.82) is 0 Å². The Morgan fingerprint density at radius 2 is 2.42 bits per heavy atom. The number of carbonyl (C=O) groups excluding carboxylic acids is 1. The molecule has 0 N–H and O–H groups in total. The lowest BCUT2D eigenvalue weighted by Crippen LogP contribution is -2.24. The summed E-state index contributed by atoms with van der Waals surface area (Å²) in [6.07, 6.45) is 5.71. The zero-order valence-corrected chi connectivity index (χ0v) is 7.29. The fourth-order valence-corrected chi connectivity index (χ4v) is 1.11. The number of esters is 1. The molecule has 3 nitrogen and oxygen atoms in total. The standard InChI is InChI=1S/C9H14O3/c1-2-5-8(10)12-9-6-3-4-7-11-9/h2,5,9H,3-4,6-7H2,1H3. The molecule has 1 atom stereocenters. The minimum atomic E-state index is -0.317. The number of hydrogen-bond donors (Lipinski definition) is 0. The Balaban J connectivity index is 2.24. The highest BCUT2D eigenvalue weighted by Crippen LogP contribution is 2.13. The SMILES string of the molecule is CC=CC(=O)OC1CCCCO1. The predicted octanol–water partition coefficient (Wildman–Crippen LogP) is 1.63. The maximum Gasteiger partial charge on any atom is 0.332 e. The molecule has 1 aliphatic rings. The van der Waals surface area contributed by atoms with Crippen LogP contribution in [-0.2, 0) is 14.3 Å². The van der Waals surface area contributed by atoms with Crippen molar-refractivity contribution >= 4 is 5.97 Å². The van der Waals surface area contributed by atoms with E-state index < -0.39 is 0 Å². The molecular weight excluding hydrogens is 156 g/mol. The Morgan fingerprint density at radius 1 is 1.58 bits per heavy atom. The number of ether oxygens (including phenoxy) is 2. The second-order valence-electron chi connectivity index (χ2n) is 2.73. The molecule has 68 valence electrons. The van der Waals surface area contributed by atoms with Crippen molar-refractivity contribution in [2.75, 3.05) is 6.61 Å². The molecule has 0 amide bonds. The molecule has 1 fully saturated rings. The number of allylic oxidation sites excluding steroid dienone is 1. The van der Waals surface area contributed by atoms with Crippen molar-refractivity contribution < 1.29 is 14.3 Å². The van der Waals surface area contributed by atoms with Crippen LogP contribution in [0.3, 0.4) is 0 Å². The van der Waals surface area contributed by atoms with Crippen molar-refractivity contribution in [1.82, 2.24) is 0 Å². The molecule has 1 aliphatic heterocycles. The summed E-state index contributed by atoms with van der Waals surface area (Å²) in [6.45, 7) is 2.48. The van der Waals surface area contributed by atoms with Crippen molar-refractivity contribution in [3.63, 3.8) is 0 Å². The van der Waals surface area contributed by atoms with E-state index in [1.165, 1.54) is 6.08 Å². The molecule has 0 aromatic heterocycles. The van der Waals surface area contributed by atoms with Gasteiger partial charge in [-0.1, -0.05) is 6.08 Å². The highest BCUT2D eigenvalue weighted by Gasteiger charge is 2.16. The predicted molar refractivity (Wildman–Crippen MR) is 44.5 cm³/mol. The third-order valence-corrected chi connectivity index (χ3v) is 1.69. The Kier molecular flexibility index (Phi) is 3.80. The normalized spacial score (nSPS) is 24.2. The Labute approximate surface area is 72.4 Å². The van der Waals surface area contributed by atoms with Crippen LogP contribution in [0, 0.1) is 0 Å². The summed E-state index contributed by atoms with van der Waals surface area (Å²) in [4.78, 5) is 10.9. The molecule has 1 heterocycles. The topological polar surface area (TPSA) is 35.5 Å². The summed E-state index contributed by atoms with van der Waals surface area (Å²) in [5.74, 6) is -0.315. The zero-order chi connectivity index (χ0) is 8.81. The fourth-order valence-electron chi connectivity index (χ4n) is 1.11. The second kappa shape index (κ2) is 4.93. The van der Waals surface area contributed by atoms with Crippen LogP contribution in [0.25, 0.3) is 0 Å². The van der Waals surface area contributed by atoms with Gasteiger partial charge in [0.15, 0.2) is 0 Å². The first kappa shape index (κ1) is 9.26. The summed E-state index contributed by atoms with van der Waals surface area (Å²) in [7, 11) is 0. The van der Waals surface area contributed by atoms with Crippen LogP contribution in [0.2, 0.25) is 0 Å². The van der Waals surface area contributed by atoms with Gasteiger partial charge < -0.3 is 9.47 Å². The van der Waals surface area contributed by atoms with E-state index in [1.54, 1.807) is 13.0 Å². The van der Waals surface area contributed by atoms with Gasteiger partial charge in [0.2, 0.25) is 6.29 Å². The summed E-state index contributed by atoms with van der Waals surface area (Å²) in [5, 5.41) is 0. The lowest BCUT2D eigenvalue weighted by atomic mass is 10.2. The molecule has 1 rings (SSSR count). The zero-order valence-electron chi connectivity index (χ0n) is 7.29. The first-order valence-electron chi connectivity index (χ1n) is 4.28. The minimum Gasteiger partial charge on any atom is -0.433 e. The lowest BCUT2D eigenvalue weighted by molar-refractivity contribution is -0.181. The summed E-state index contributed by atoms with van der Waals surface area (Å²) in [6, 6.07) is 0. The Bertz CT molecular complexity index is 169. The molecule has 1 unspecified atom stereocenters. The van der Waals surface area contributed by atoms with Crippen molar-refractivity contribution in [2.45, 2.75) is 32.5 Å². The van der Waals surface area contributed by atoms with Crippen LogP contribution in [0.1, 0.15) is 26.2 Å². The average molecular weight is 170 g/mol. The second-order valence-corrected chi connectivity index (χ2v) is 2.73. The minimum absolute atomic E-state index is 0.315. The van der Waals surface area contributed by atoms with Crippen molar-refractivity contribution in [3.05, 3.63) is 12.2 Å². The smallest absolute Gasteiger partial charge is 0.332 e. The Morgan fingerprint density at radius 3 is 3.00 bits per heavy atom. The van der Waals surface area contributed by atoms with Crippen LogP contribution in [0.5, 0.6) is 0 Å². The van der Waals surface area contributed by atoms with Crippen LogP contribution >= 0.6 is 0 Å². The summed E-state index contributed by atoms with van der Waals surface area (Å²) < 4.78 is 10.2. The Hall–Kier alpha value is -0.830. The van der Waals surface area contributed by atoms with Gasteiger partial charge in [0.05, 0.1) is 6.61 Å². The molecule has 0 bridgehead atoms. The van der Waals surface area contributed by atoms with E-state index in [0.717, 1.165) is 19.3 Å². The molecule has 0 saturated carbocycles. The third kappa shape index (κ3) is 3.05. The van der Waals surface area contributed by atoms with Gasteiger partial charge in [-0.2, -0.15) is 0 Å². The van der Waals surface area contributed by atoms with Gasteiger partial charge >= 0.3 is 5.97 Å². The van der Waals surface area contributed by atoms with Crippen LogP contribution in [0.15, 0.2) is 12.2 Å². The molecule has 1 saturated heterocycles. The van der Waals surface area contributed by atoms with Gasteiger partial charge in [0.1, 0.15) is 0 Å². The lowest BCUT2D eigenvalue weighted by Gasteiger charge is -2.21. The quantitative estimate of drug-likeness (QED) is 0.466. The van der Waals surface area contributed by atoms with Gasteiger partial charge in [-0.15, -0.1) is 0 Å². The van der Waals surface area contributed by atoms with Gasteiger partial charge in [0, 0.05) is 12.5 Å². The van der Waals surface area contributed by atoms with Crippen LogP contribution in [-0.4, -0.2) is 18.9 Å². The van der Waals surface area contributed by atoms with Crippen molar-refractivity contribution in [3.8, 4) is 0 Å². The van der Waals surface area contributed by atoms with Gasteiger partial charge in [-0.25, -0.2) is 4.79 Å². The number of carbonyl (C=O) groups is 1. The van der Waals surface area contributed by atoms with Crippen LogP contribution in [0.4, 0.5) is 0 Å². The molecular formula is C9H14O3. The monoisotopic (exact) mass is 170 g/mol. The van der Waals surface area contributed by atoms with E-state index in [4.69, 9.17) is 9.47 Å². The van der Waals surface area contributed by atoms with Gasteiger partial charge in [0.25, 0.3) is 0 Å². The molecule has 0 aromatic rings. The van der Waals surface area contributed by atoms with E-state index in [0.29, 0.717) is 6.61 Å². The largest absolute Gasteiger partial charge is 0.433 e. The molecule has 0 radical (unpaired) electrons. The van der Waals surface area contributed by atoms with E-state index in [1.807, 2.05) is 0 Å². The van der Waals surface area contributed by atoms with E-state index >= 15 is 0 Å². The van der Waals surface area contributed by atoms with Gasteiger partial charge in [-0.3, -0.25) is 0 Å². The van der Waals surface area contributed by atoms with E-state index in [9.17, 15) is 4.79 Å². The number of rotatable bonds is 2. The third-order valence-electron chi connectivity index (χ3n) is 1.69. The fraction of sp³-hybridized carbons (Fsp3) is 0.667. The van der Waals surface area contributed by atoms with E-state index in [2.05, 4.69) is 0 Å². The maximum absolute atomic E-state index is 10.9. The van der Waals surface area contributed by atoms with E-state index in [-0.39, 0.29) is 12.3 Å². The summed E-state index contributed by atoms with van der Waals surface area (Å²) >= 11 is 0. The summed E-state index contributed by atoms with van der Waals surface area (Å²) in [5.41, 5.74) is 0. The van der Waals surface area contributed by atoms with Crippen LogP contribution < -0.4 is 0 Å².